The predicted octanol–water partition coefficient (Wildman–Crippen LogP) is 2.58. The lowest BCUT2D eigenvalue weighted by Gasteiger charge is -2.36. The number of nitrogens with zero attached hydrogens (tertiary/aromatic N) is 5. The van der Waals surface area contributed by atoms with Crippen molar-refractivity contribution in [1.82, 2.24) is 19.8 Å². The molecule has 2 aliphatic rings. The quantitative estimate of drug-likeness (QED) is 0.619. The van der Waals surface area contributed by atoms with Crippen LogP contribution in [-0.4, -0.2) is 70.4 Å². The summed E-state index contributed by atoms with van der Waals surface area (Å²) in [5.74, 6) is 0.991. The van der Waals surface area contributed by atoms with Crippen LogP contribution in [-0.2, 0) is 9.59 Å². The smallest absolute Gasteiger partial charge is 0.277 e. The first kappa shape index (κ1) is 21.8. The average molecular weight is 436 g/mol. The highest BCUT2D eigenvalue weighted by Crippen LogP contribution is 2.33. The second-order valence-corrected chi connectivity index (χ2v) is 8.20. The molecule has 1 fully saturated rings. The van der Waals surface area contributed by atoms with Crippen LogP contribution in [0.2, 0.25) is 0 Å². The molecule has 0 N–H and O–H groups in total. The van der Waals surface area contributed by atoms with Gasteiger partial charge >= 0.3 is 0 Å². The molecule has 1 aromatic carbocycles. The zero-order valence-corrected chi connectivity index (χ0v) is 18.8. The van der Waals surface area contributed by atoms with E-state index in [1.165, 1.54) is 4.90 Å². The molecule has 0 radical (unpaired) electrons. The van der Waals surface area contributed by atoms with Crippen LogP contribution in [0, 0.1) is 0 Å². The lowest BCUT2D eigenvalue weighted by Crippen LogP contribution is -2.48. The fraction of sp³-hybridized carbons (Fsp3) is 0.417. The highest BCUT2D eigenvalue weighted by atomic mass is 16.5. The Kier molecular flexibility index (Phi) is 6.39. The molecular formula is C24H29N5O3. The normalized spacial score (nSPS) is 17.1. The second kappa shape index (κ2) is 9.38. The molecule has 2 amide bonds. The number of imide groups is 1. The van der Waals surface area contributed by atoms with E-state index in [4.69, 9.17) is 4.74 Å². The van der Waals surface area contributed by atoms with Gasteiger partial charge in [0.2, 0.25) is 5.95 Å². The van der Waals surface area contributed by atoms with Gasteiger partial charge in [0.1, 0.15) is 11.4 Å². The van der Waals surface area contributed by atoms with Gasteiger partial charge in [-0.05, 0) is 44.0 Å². The number of rotatable bonds is 7. The third-order valence-corrected chi connectivity index (χ3v) is 5.54. The second-order valence-electron chi connectivity index (χ2n) is 8.20. The summed E-state index contributed by atoms with van der Waals surface area (Å²) in [6.45, 7) is 8.91. The van der Waals surface area contributed by atoms with Crippen molar-refractivity contribution in [2.24, 2.45) is 0 Å². The molecule has 0 aliphatic carbocycles. The van der Waals surface area contributed by atoms with Crippen LogP contribution in [0.1, 0.15) is 32.8 Å². The number of hydrogen-bond donors (Lipinski definition) is 0. The molecule has 0 bridgehead atoms. The SMILES string of the molecule is CCCN1C(=O)C(c2ccc(OC(C)C)cc2)=C(N2CCN(c3ncccn3)CC2)C1=O. The molecule has 8 nitrogen and oxygen atoms in total. The lowest BCUT2D eigenvalue weighted by atomic mass is 10.0. The highest BCUT2D eigenvalue weighted by molar-refractivity contribution is 6.35. The summed E-state index contributed by atoms with van der Waals surface area (Å²) in [5.41, 5.74) is 1.71. The predicted molar refractivity (Wildman–Crippen MR) is 122 cm³/mol. The van der Waals surface area contributed by atoms with Gasteiger partial charge in [-0.15, -0.1) is 0 Å². The van der Waals surface area contributed by atoms with Crippen molar-refractivity contribution in [3.05, 3.63) is 54.0 Å². The number of carbonyl (C=O) groups excluding carboxylic acids is 2. The van der Waals surface area contributed by atoms with Crippen LogP contribution >= 0.6 is 0 Å². The molecule has 2 aliphatic heterocycles. The fourth-order valence-corrected chi connectivity index (χ4v) is 4.10. The Morgan fingerprint density at radius 3 is 2.16 bits per heavy atom. The first-order valence-corrected chi connectivity index (χ1v) is 11.1. The van der Waals surface area contributed by atoms with E-state index in [1.54, 1.807) is 18.5 Å². The van der Waals surface area contributed by atoms with Crippen LogP contribution in [0.15, 0.2) is 48.4 Å². The number of aromatic nitrogens is 2. The maximum absolute atomic E-state index is 13.3. The zero-order chi connectivity index (χ0) is 22.7. The van der Waals surface area contributed by atoms with Crippen LogP contribution < -0.4 is 9.64 Å². The van der Waals surface area contributed by atoms with Gasteiger partial charge in [0, 0.05) is 45.1 Å². The van der Waals surface area contributed by atoms with E-state index in [1.807, 2.05) is 49.9 Å². The maximum atomic E-state index is 13.3. The summed E-state index contributed by atoms with van der Waals surface area (Å²) in [6.07, 6.45) is 4.24. The molecular weight excluding hydrogens is 406 g/mol. The van der Waals surface area contributed by atoms with E-state index < -0.39 is 0 Å². The van der Waals surface area contributed by atoms with Crippen molar-refractivity contribution < 1.29 is 14.3 Å². The summed E-state index contributed by atoms with van der Waals surface area (Å²) in [4.78, 5) is 40.7. The fourth-order valence-electron chi connectivity index (χ4n) is 4.10. The molecule has 8 heteroatoms. The topological polar surface area (TPSA) is 78.9 Å². The average Bonchev–Trinajstić information content (AvgIpc) is 3.05. The number of amides is 2. The van der Waals surface area contributed by atoms with E-state index in [0.717, 1.165) is 17.7 Å². The third-order valence-electron chi connectivity index (χ3n) is 5.54. The van der Waals surface area contributed by atoms with Crippen LogP contribution in [0.5, 0.6) is 5.75 Å². The van der Waals surface area contributed by atoms with Crippen molar-refractivity contribution in [1.29, 1.82) is 0 Å². The van der Waals surface area contributed by atoms with E-state index in [-0.39, 0.29) is 17.9 Å². The minimum atomic E-state index is -0.224. The highest BCUT2D eigenvalue weighted by Gasteiger charge is 2.41. The number of piperazine rings is 1. The Bertz CT molecular complexity index is 996. The van der Waals surface area contributed by atoms with E-state index in [9.17, 15) is 9.59 Å². The van der Waals surface area contributed by atoms with Crippen molar-refractivity contribution in [2.75, 3.05) is 37.6 Å². The minimum absolute atomic E-state index is 0.0650. The first-order chi connectivity index (χ1) is 15.5. The Morgan fingerprint density at radius 1 is 0.938 bits per heavy atom. The van der Waals surface area contributed by atoms with Gasteiger partial charge in [0.25, 0.3) is 11.8 Å². The molecule has 1 saturated heterocycles. The summed E-state index contributed by atoms with van der Waals surface area (Å²) >= 11 is 0. The van der Waals surface area contributed by atoms with Crippen molar-refractivity contribution in [2.45, 2.75) is 33.3 Å². The van der Waals surface area contributed by atoms with Crippen LogP contribution in [0.25, 0.3) is 5.57 Å². The Hall–Kier alpha value is -3.42. The summed E-state index contributed by atoms with van der Waals surface area (Å²) in [5, 5.41) is 0. The summed E-state index contributed by atoms with van der Waals surface area (Å²) in [7, 11) is 0. The molecule has 0 saturated carbocycles. The summed E-state index contributed by atoms with van der Waals surface area (Å²) in [6, 6.07) is 9.22. The van der Waals surface area contributed by atoms with Gasteiger partial charge in [-0.3, -0.25) is 14.5 Å². The molecule has 0 unspecified atom stereocenters. The molecule has 3 heterocycles. The van der Waals surface area contributed by atoms with Gasteiger partial charge in [-0.1, -0.05) is 19.1 Å². The Labute approximate surface area is 188 Å². The molecule has 1 aromatic heterocycles. The van der Waals surface area contributed by atoms with Gasteiger partial charge in [-0.25, -0.2) is 9.97 Å². The number of hydrogen-bond acceptors (Lipinski definition) is 7. The number of carbonyl (C=O) groups is 2. The van der Waals surface area contributed by atoms with Gasteiger partial charge in [-0.2, -0.15) is 0 Å². The monoisotopic (exact) mass is 435 g/mol. The largest absolute Gasteiger partial charge is 0.491 e. The number of ether oxygens (including phenoxy) is 1. The summed E-state index contributed by atoms with van der Waals surface area (Å²) < 4.78 is 5.73. The molecule has 168 valence electrons. The number of benzene rings is 1. The van der Waals surface area contributed by atoms with E-state index >= 15 is 0 Å². The molecule has 0 atom stereocenters. The molecule has 0 spiro atoms. The van der Waals surface area contributed by atoms with E-state index in [0.29, 0.717) is 49.9 Å². The van der Waals surface area contributed by atoms with Crippen molar-refractivity contribution in [3.63, 3.8) is 0 Å². The third kappa shape index (κ3) is 4.30. The molecule has 2 aromatic rings. The zero-order valence-electron chi connectivity index (χ0n) is 18.8. The standard InChI is InChI=1S/C24H29N5O3/c1-4-12-29-22(30)20(18-6-8-19(9-7-18)32-17(2)3)21(23(29)31)27-13-15-28(16-14-27)24-25-10-5-11-26-24/h5-11,17H,4,12-16H2,1-3H3. The lowest BCUT2D eigenvalue weighted by molar-refractivity contribution is -0.137. The van der Waals surface area contributed by atoms with Crippen LogP contribution in [0.4, 0.5) is 5.95 Å². The minimum Gasteiger partial charge on any atom is -0.491 e. The van der Waals surface area contributed by atoms with Gasteiger partial charge in [0.15, 0.2) is 0 Å². The molecule has 32 heavy (non-hydrogen) atoms. The first-order valence-electron chi connectivity index (χ1n) is 11.1. The Balaban J connectivity index is 1.62. The van der Waals surface area contributed by atoms with Crippen molar-refractivity contribution in [3.8, 4) is 5.75 Å². The van der Waals surface area contributed by atoms with Gasteiger partial charge < -0.3 is 14.5 Å². The van der Waals surface area contributed by atoms with Crippen molar-refractivity contribution >= 4 is 23.3 Å². The van der Waals surface area contributed by atoms with E-state index in [2.05, 4.69) is 14.9 Å². The van der Waals surface area contributed by atoms with Crippen LogP contribution in [0.3, 0.4) is 0 Å². The maximum Gasteiger partial charge on any atom is 0.277 e. The number of anilines is 1. The van der Waals surface area contributed by atoms with Gasteiger partial charge in [0.05, 0.1) is 11.7 Å². The Morgan fingerprint density at radius 2 is 1.56 bits per heavy atom. The molecule has 4 rings (SSSR count).